The molecule has 1 atom stereocenters. The summed E-state index contributed by atoms with van der Waals surface area (Å²) in [6.07, 6.45) is -0.170. The molecule has 12 heteroatoms. The molecule has 2 aliphatic rings. The van der Waals surface area contributed by atoms with Crippen LogP contribution in [0.2, 0.25) is 0 Å². The summed E-state index contributed by atoms with van der Waals surface area (Å²) in [5.41, 5.74) is 0.657. The van der Waals surface area contributed by atoms with Gasteiger partial charge >= 0.3 is 11.8 Å². The molecule has 2 aromatic carbocycles. The number of halogens is 1. The minimum absolute atomic E-state index is 0.0689. The van der Waals surface area contributed by atoms with Crippen LogP contribution >= 0.6 is 0 Å². The van der Waals surface area contributed by atoms with E-state index in [1.54, 1.807) is 64.1 Å². The second-order valence-corrected chi connectivity index (χ2v) is 11.7. The molecule has 3 amide bonds. The van der Waals surface area contributed by atoms with Crippen LogP contribution in [0.5, 0.6) is 5.75 Å². The first kappa shape index (κ1) is 29.2. The van der Waals surface area contributed by atoms with Crippen LogP contribution in [0.4, 0.5) is 14.9 Å². The smallest absolute Gasteiger partial charge is 0.410 e. The summed E-state index contributed by atoms with van der Waals surface area (Å²) >= 11 is 0. The molecule has 224 valence electrons. The fourth-order valence-electron chi connectivity index (χ4n) is 5.61. The molecule has 2 fully saturated rings. The maximum absolute atomic E-state index is 15.4. The number of benzene rings is 2. The Kier molecular flexibility index (Phi) is 7.74. The van der Waals surface area contributed by atoms with Gasteiger partial charge in [0.2, 0.25) is 5.91 Å². The number of amides is 3. The first-order valence-corrected chi connectivity index (χ1v) is 14.0. The van der Waals surface area contributed by atoms with Crippen LogP contribution in [0.25, 0.3) is 11.0 Å². The van der Waals surface area contributed by atoms with Gasteiger partial charge < -0.3 is 19.3 Å². The number of likely N-dealkylation sites (tertiary alicyclic amines) is 1. The lowest BCUT2D eigenvalue weighted by atomic mass is 10.0. The number of imidazole rings is 1. The number of aryl methyl sites for hydroxylation is 1. The first-order chi connectivity index (χ1) is 19.9. The van der Waals surface area contributed by atoms with Crippen LogP contribution in [0, 0.1) is 5.82 Å². The highest BCUT2D eigenvalue weighted by molar-refractivity contribution is 6.00. The van der Waals surface area contributed by atoms with Crippen molar-refractivity contribution in [3.8, 4) is 5.75 Å². The molecular weight excluding hydrogens is 545 g/mol. The third kappa shape index (κ3) is 5.45. The van der Waals surface area contributed by atoms with E-state index in [4.69, 9.17) is 9.47 Å². The monoisotopic (exact) mass is 581 g/mol. The highest BCUT2D eigenvalue weighted by Gasteiger charge is 2.38. The average molecular weight is 582 g/mol. The van der Waals surface area contributed by atoms with E-state index in [2.05, 4.69) is 0 Å². The summed E-state index contributed by atoms with van der Waals surface area (Å²) in [6.45, 7) is 6.78. The van der Waals surface area contributed by atoms with Gasteiger partial charge in [-0.1, -0.05) is 12.1 Å². The molecule has 0 N–H and O–H groups in total. The third-order valence-corrected chi connectivity index (χ3v) is 7.71. The van der Waals surface area contributed by atoms with Crippen molar-refractivity contribution in [2.45, 2.75) is 51.8 Å². The molecule has 0 bridgehead atoms. The zero-order chi connectivity index (χ0) is 30.3. The van der Waals surface area contributed by atoms with Crippen molar-refractivity contribution >= 4 is 34.6 Å². The Hall–Kier alpha value is -4.35. The maximum atomic E-state index is 15.4. The molecule has 0 radical (unpaired) electrons. The number of rotatable bonds is 5. The van der Waals surface area contributed by atoms with Gasteiger partial charge in [0.1, 0.15) is 23.2 Å². The number of hydrogen-bond acceptors (Lipinski definition) is 7. The molecule has 0 spiro atoms. The van der Waals surface area contributed by atoms with E-state index < -0.39 is 35.2 Å². The summed E-state index contributed by atoms with van der Waals surface area (Å²) in [6, 6.07) is 8.95. The predicted octanol–water partition coefficient (Wildman–Crippen LogP) is 3.44. The van der Waals surface area contributed by atoms with E-state index >= 15 is 4.39 Å². The number of ether oxygens (including phenoxy) is 2. The molecule has 1 aromatic heterocycles. The molecule has 3 heterocycles. The number of anilines is 1. The molecule has 0 saturated carbocycles. The van der Waals surface area contributed by atoms with Gasteiger partial charge in [-0.05, 0) is 57.0 Å². The molecule has 5 rings (SSSR count). The lowest BCUT2D eigenvalue weighted by Crippen LogP contribution is -2.50. The van der Waals surface area contributed by atoms with Crippen LogP contribution in [0.3, 0.4) is 0 Å². The third-order valence-electron chi connectivity index (χ3n) is 7.71. The summed E-state index contributed by atoms with van der Waals surface area (Å²) in [7, 11) is 3.11. The van der Waals surface area contributed by atoms with Crippen LogP contribution in [-0.2, 0) is 27.9 Å². The Morgan fingerprint density at radius 3 is 2.29 bits per heavy atom. The van der Waals surface area contributed by atoms with Gasteiger partial charge in [0.05, 0.1) is 30.4 Å². The molecule has 42 heavy (non-hydrogen) atoms. The number of carbonyl (C=O) groups is 3. The minimum atomic E-state index is -0.917. The number of aromatic nitrogens is 2. The quantitative estimate of drug-likeness (QED) is 0.425. The number of methoxy groups -OCH3 is 1. The van der Waals surface area contributed by atoms with Gasteiger partial charge in [0.25, 0.3) is 5.91 Å². The largest absolute Gasteiger partial charge is 0.497 e. The summed E-state index contributed by atoms with van der Waals surface area (Å²) in [4.78, 5) is 57.2. The lowest BCUT2D eigenvalue weighted by Gasteiger charge is -2.37. The average Bonchev–Trinajstić information content (AvgIpc) is 3.20. The normalized spacial score (nSPS) is 18.1. The molecule has 2 aliphatic heterocycles. The second-order valence-electron chi connectivity index (χ2n) is 11.7. The number of hydrogen-bond donors (Lipinski definition) is 0. The fraction of sp³-hybridized carbons (Fsp3) is 0.467. The number of carbonyl (C=O) groups excluding carboxylic acids is 3. The topological polar surface area (TPSA) is 106 Å². The van der Waals surface area contributed by atoms with E-state index in [1.807, 2.05) is 4.90 Å². The van der Waals surface area contributed by atoms with Crippen molar-refractivity contribution < 1.29 is 28.2 Å². The first-order valence-electron chi connectivity index (χ1n) is 14.0. The van der Waals surface area contributed by atoms with Crippen molar-refractivity contribution in [3.05, 3.63) is 58.3 Å². The van der Waals surface area contributed by atoms with E-state index in [-0.39, 0.29) is 31.0 Å². The van der Waals surface area contributed by atoms with Gasteiger partial charge in [-0.3, -0.25) is 23.6 Å². The Morgan fingerprint density at radius 2 is 1.67 bits per heavy atom. The molecule has 2 saturated heterocycles. The van der Waals surface area contributed by atoms with Crippen molar-refractivity contribution in [2.24, 2.45) is 7.05 Å². The van der Waals surface area contributed by atoms with Crippen molar-refractivity contribution in [1.82, 2.24) is 18.9 Å². The van der Waals surface area contributed by atoms with Gasteiger partial charge in [0, 0.05) is 39.6 Å². The van der Waals surface area contributed by atoms with E-state index in [1.165, 1.54) is 26.2 Å². The molecule has 3 aromatic rings. The molecule has 0 aliphatic carbocycles. The summed E-state index contributed by atoms with van der Waals surface area (Å²) in [5.74, 6) is -0.639. The Balaban J connectivity index is 1.44. The second kappa shape index (κ2) is 11.1. The maximum Gasteiger partial charge on any atom is 0.410 e. The van der Waals surface area contributed by atoms with E-state index in [0.717, 1.165) is 5.56 Å². The van der Waals surface area contributed by atoms with Crippen molar-refractivity contribution in [1.29, 1.82) is 0 Å². The molecule has 11 nitrogen and oxygen atoms in total. The zero-order valence-electron chi connectivity index (χ0n) is 24.6. The van der Waals surface area contributed by atoms with Gasteiger partial charge in [-0.25, -0.2) is 14.0 Å². The van der Waals surface area contributed by atoms with Crippen molar-refractivity contribution in [2.75, 3.05) is 38.2 Å². The highest BCUT2D eigenvalue weighted by Crippen LogP contribution is 2.34. The number of fused-ring (bicyclic) bond motifs is 1. The van der Waals surface area contributed by atoms with E-state index in [9.17, 15) is 19.2 Å². The molecule has 1 unspecified atom stereocenters. The minimum Gasteiger partial charge on any atom is -0.497 e. The van der Waals surface area contributed by atoms with Crippen LogP contribution in [0.15, 0.2) is 41.2 Å². The number of piperidine rings is 1. The summed E-state index contributed by atoms with van der Waals surface area (Å²) in [5, 5.41) is 0. The number of imide groups is 1. The predicted molar refractivity (Wildman–Crippen MR) is 154 cm³/mol. The fourth-order valence-corrected chi connectivity index (χ4v) is 5.61. The van der Waals surface area contributed by atoms with Crippen LogP contribution in [-0.4, -0.2) is 75.7 Å². The van der Waals surface area contributed by atoms with Crippen LogP contribution in [0.1, 0.15) is 45.2 Å². The SMILES string of the molecule is COc1ccc(CN2C(=O)CCC(n3c(=O)n(C)c4c(N5CCN(C(=O)OC(C)(C)C)CC5)c(F)ccc43)C2=O)cc1. The lowest BCUT2D eigenvalue weighted by molar-refractivity contribution is -0.151. The van der Waals surface area contributed by atoms with Crippen LogP contribution < -0.4 is 15.3 Å². The van der Waals surface area contributed by atoms with Gasteiger partial charge in [-0.15, -0.1) is 0 Å². The van der Waals surface area contributed by atoms with Gasteiger partial charge in [-0.2, -0.15) is 0 Å². The Morgan fingerprint density at radius 1 is 1.00 bits per heavy atom. The number of piperazine rings is 1. The molecular formula is C30H36FN5O6. The standard InChI is InChI=1S/C30H36FN5O6/c1-30(2,3)42-29(40)34-16-14-33(15-17-34)25-21(31)10-11-22-26(25)32(4)28(39)36(22)23-12-13-24(37)35(27(23)38)18-19-6-8-20(41-5)9-7-19/h6-11,23H,12-18H2,1-5H3. The Bertz CT molecular complexity index is 1580. The van der Waals surface area contributed by atoms with E-state index in [0.29, 0.717) is 43.0 Å². The summed E-state index contributed by atoms with van der Waals surface area (Å²) < 4.78 is 28.8. The number of nitrogens with zero attached hydrogens (tertiary/aromatic N) is 5. The Labute approximate surface area is 243 Å². The van der Waals surface area contributed by atoms with Gasteiger partial charge in [0.15, 0.2) is 0 Å². The highest BCUT2D eigenvalue weighted by atomic mass is 19.1. The van der Waals surface area contributed by atoms with Crippen molar-refractivity contribution in [3.63, 3.8) is 0 Å². The zero-order valence-corrected chi connectivity index (χ0v) is 24.6.